The number of halogens is 2. The number of benzene rings is 1. The van der Waals surface area contributed by atoms with E-state index in [4.69, 9.17) is 22.3 Å². The van der Waals surface area contributed by atoms with Gasteiger partial charge < -0.3 is 0 Å². The molecule has 1 saturated heterocycles. The van der Waals surface area contributed by atoms with Crippen LogP contribution in [0.15, 0.2) is 24.3 Å². The summed E-state index contributed by atoms with van der Waals surface area (Å²) in [5.74, 6) is -0.407. The minimum Gasteiger partial charge on any atom is -0.296 e. The fraction of sp³-hybridized carbons (Fsp3) is 0.308. The summed E-state index contributed by atoms with van der Waals surface area (Å²) in [5.41, 5.74) is 0.624. The van der Waals surface area contributed by atoms with Gasteiger partial charge >= 0.3 is 0 Å². The van der Waals surface area contributed by atoms with E-state index in [0.29, 0.717) is 16.7 Å². The van der Waals surface area contributed by atoms with Crippen molar-refractivity contribution < 1.29 is 13.2 Å². The second-order valence-corrected chi connectivity index (χ2v) is 8.27. The lowest BCUT2D eigenvalue weighted by Gasteiger charge is -2.17. The molecule has 116 valence electrons. The SMILES string of the molecule is O=C1CC(CS(=O)(=O)Cl)CN1c1nc(Cl)nc2ccccc12. The maximum absolute atomic E-state index is 12.2. The fourth-order valence-corrected chi connectivity index (χ4v) is 4.11. The number of anilines is 1. The molecule has 3 rings (SSSR count). The molecule has 1 aliphatic heterocycles. The predicted octanol–water partition coefficient (Wildman–Crippen LogP) is 2.20. The summed E-state index contributed by atoms with van der Waals surface area (Å²) in [6.07, 6.45) is 0.113. The molecule has 6 nitrogen and oxygen atoms in total. The number of aromatic nitrogens is 2. The summed E-state index contributed by atoms with van der Waals surface area (Å²) in [6.45, 7) is 0.238. The first-order valence-electron chi connectivity index (χ1n) is 6.48. The Bertz CT molecular complexity index is 857. The standard InChI is InChI=1S/C13H11Cl2N3O3S/c14-13-16-10-4-2-1-3-9(10)12(17-13)18-6-8(5-11(18)19)7-22(15,20)21/h1-4,8H,5-7H2. The van der Waals surface area contributed by atoms with Crippen molar-refractivity contribution in [1.82, 2.24) is 9.97 Å². The summed E-state index contributed by atoms with van der Waals surface area (Å²) >= 11 is 5.92. The zero-order valence-corrected chi connectivity index (χ0v) is 13.6. The number of nitrogens with zero attached hydrogens (tertiary/aromatic N) is 3. The van der Waals surface area contributed by atoms with E-state index in [9.17, 15) is 13.2 Å². The van der Waals surface area contributed by atoms with Crippen LogP contribution in [-0.4, -0.2) is 36.6 Å². The molecule has 2 aromatic rings. The number of carbonyl (C=O) groups is 1. The average molecular weight is 360 g/mol. The van der Waals surface area contributed by atoms with Gasteiger partial charge in [0.05, 0.1) is 11.3 Å². The van der Waals surface area contributed by atoms with Crippen molar-refractivity contribution in [3.63, 3.8) is 0 Å². The molecule has 1 aromatic heterocycles. The first kappa shape index (κ1) is 15.5. The molecule has 0 radical (unpaired) electrons. The molecule has 0 N–H and O–H groups in total. The van der Waals surface area contributed by atoms with Crippen molar-refractivity contribution in [2.24, 2.45) is 5.92 Å². The smallest absolute Gasteiger partial charge is 0.232 e. The van der Waals surface area contributed by atoms with Gasteiger partial charge in [-0.25, -0.2) is 13.4 Å². The third kappa shape index (κ3) is 3.16. The minimum absolute atomic E-state index is 0.0370. The molecule has 0 spiro atoms. The Morgan fingerprint density at radius 3 is 2.73 bits per heavy atom. The van der Waals surface area contributed by atoms with Crippen LogP contribution in [-0.2, 0) is 13.8 Å². The van der Waals surface area contributed by atoms with Gasteiger partial charge in [-0.2, -0.15) is 4.98 Å². The van der Waals surface area contributed by atoms with E-state index in [1.54, 1.807) is 12.1 Å². The second kappa shape index (κ2) is 5.64. The Kier molecular flexibility index (Phi) is 3.96. The Hall–Kier alpha value is -1.44. The fourth-order valence-electron chi connectivity index (χ4n) is 2.62. The highest BCUT2D eigenvalue weighted by atomic mass is 35.7. The van der Waals surface area contributed by atoms with Crippen molar-refractivity contribution >= 4 is 54.0 Å². The third-order valence-corrected chi connectivity index (χ3v) is 4.87. The molecule has 9 heteroatoms. The van der Waals surface area contributed by atoms with Crippen LogP contribution in [0.4, 0.5) is 5.82 Å². The van der Waals surface area contributed by atoms with Gasteiger partial charge in [-0.05, 0) is 23.7 Å². The van der Waals surface area contributed by atoms with Gasteiger partial charge in [0.15, 0.2) is 0 Å². The number of fused-ring (bicyclic) bond motifs is 1. The molecule has 1 unspecified atom stereocenters. The van der Waals surface area contributed by atoms with Gasteiger partial charge in [-0.15, -0.1) is 0 Å². The lowest BCUT2D eigenvalue weighted by Crippen LogP contribution is -2.26. The molecular weight excluding hydrogens is 349 g/mol. The first-order chi connectivity index (χ1) is 10.3. The lowest BCUT2D eigenvalue weighted by molar-refractivity contribution is -0.117. The van der Waals surface area contributed by atoms with Gasteiger partial charge in [0.1, 0.15) is 5.82 Å². The molecule has 1 fully saturated rings. The van der Waals surface area contributed by atoms with Crippen molar-refractivity contribution in [2.45, 2.75) is 6.42 Å². The molecular formula is C13H11Cl2N3O3S. The normalized spacial score (nSPS) is 19.1. The number of amides is 1. The Balaban J connectivity index is 1.99. The van der Waals surface area contributed by atoms with E-state index in [2.05, 4.69) is 9.97 Å². The van der Waals surface area contributed by atoms with Crippen molar-refractivity contribution in [3.8, 4) is 0 Å². The monoisotopic (exact) mass is 359 g/mol. The Morgan fingerprint density at radius 2 is 2.00 bits per heavy atom. The zero-order chi connectivity index (χ0) is 15.9. The molecule has 0 aliphatic carbocycles. The van der Waals surface area contributed by atoms with Gasteiger partial charge in [-0.3, -0.25) is 9.69 Å². The zero-order valence-electron chi connectivity index (χ0n) is 11.2. The molecule has 1 amide bonds. The molecule has 1 aliphatic rings. The van der Waals surface area contributed by atoms with Crippen LogP contribution in [0.3, 0.4) is 0 Å². The number of hydrogen-bond donors (Lipinski definition) is 0. The van der Waals surface area contributed by atoms with E-state index < -0.39 is 9.05 Å². The summed E-state index contributed by atoms with van der Waals surface area (Å²) in [5, 5.41) is 0.726. The number of rotatable bonds is 3. The molecule has 0 saturated carbocycles. The maximum Gasteiger partial charge on any atom is 0.232 e. The van der Waals surface area contributed by atoms with Crippen LogP contribution in [0.5, 0.6) is 0 Å². The summed E-state index contributed by atoms with van der Waals surface area (Å²) in [4.78, 5) is 21.9. The quantitative estimate of drug-likeness (QED) is 0.619. The number of carbonyl (C=O) groups excluding carboxylic acids is 1. The molecule has 22 heavy (non-hydrogen) atoms. The number of para-hydroxylation sites is 1. The van der Waals surface area contributed by atoms with Gasteiger partial charge in [-0.1, -0.05) is 12.1 Å². The molecule has 1 atom stereocenters. The Labute approximate surface area is 136 Å². The third-order valence-electron chi connectivity index (χ3n) is 3.45. The van der Waals surface area contributed by atoms with E-state index in [-0.39, 0.29) is 35.8 Å². The minimum atomic E-state index is -3.65. The highest BCUT2D eigenvalue weighted by molar-refractivity contribution is 8.13. The highest BCUT2D eigenvalue weighted by Crippen LogP contribution is 2.31. The van der Waals surface area contributed by atoms with Gasteiger partial charge in [0, 0.05) is 35.0 Å². The molecule has 2 heterocycles. The predicted molar refractivity (Wildman–Crippen MR) is 84.6 cm³/mol. The van der Waals surface area contributed by atoms with Crippen molar-refractivity contribution in [1.29, 1.82) is 0 Å². The van der Waals surface area contributed by atoms with Crippen LogP contribution >= 0.6 is 22.3 Å². The largest absolute Gasteiger partial charge is 0.296 e. The summed E-state index contributed by atoms with van der Waals surface area (Å²) in [6, 6.07) is 7.18. The van der Waals surface area contributed by atoms with Crippen LogP contribution in [0, 0.1) is 5.92 Å². The van der Waals surface area contributed by atoms with Crippen LogP contribution in [0.1, 0.15) is 6.42 Å². The second-order valence-electron chi connectivity index (χ2n) is 5.11. The van der Waals surface area contributed by atoms with E-state index in [1.807, 2.05) is 12.1 Å². The average Bonchev–Trinajstić information content (AvgIpc) is 2.76. The first-order valence-corrected chi connectivity index (χ1v) is 9.34. The Morgan fingerprint density at radius 1 is 1.27 bits per heavy atom. The van der Waals surface area contributed by atoms with Crippen LogP contribution in [0.25, 0.3) is 10.9 Å². The maximum atomic E-state index is 12.2. The molecule has 1 aromatic carbocycles. The highest BCUT2D eigenvalue weighted by Gasteiger charge is 2.34. The van der Waals surface area contributed by atoms with Crippen LogP contribution in [0.2, 0.25) is 5.28 Å². The van der Waals surface area contributed by atoms with Gasteiger partial charge in [0.2, 0.25) is 20.2 Å². The number of hydrogen-bond acceptors (Lipinski definition) is 5. The molecule has 0 bridgehead atoms. The van der Waals surface area contributed by atoms with Crippen molar-refractivity contribution in [2.75, 3.05) is 17.2 Å². The van der Waals surface area contributed by atoms with E-state index in [0.717, 1.165) is 0 Å². The van der Waals surface area contributed by atoms with Gasteiger partial charge in [0.25, 0.3) is 0 Å². The summed E-state index contributed by atoms with van der Waals surface area (Å²) in [7, 11) is 1.62. The van der Waals surface area contributed by atoms with E-state index >= 15 is 0 Å². The van der Waals surface area contributed by atoms with E-state index in [1.165, 1.54) is 4.90 Å². The van der Waals surface area contributed by atoms with Crippen molar-refractivity contribution in [3.05, 3.63) is 29.5 Å². The van der Waals surface area contributed by atoms with Crippen LogP contribution < -0.4 is 4.90 Å². The summed E-state index contributed by atoms with van der Waals surface area (Å²) < 4.78 is 22.4. The lowest BCUT2D eigenvalue weighted by atomic mass is 10.1. The topological polar surface area (TPSA) is 80.2 Å².